The minimum Gasteiger partial charge on any atom is -0.486 e. The minimum absolute atomic E-state index is 0.0830. The molecule has 0 radical (unpaired) electrons. The molecule has 0 spiro atoms. The Morgan fingerprint density at radius 1 is 1.24 bits per heavy atom. The predicted molar refractivity (Wildman–Crippen MR) is 114 cm³/mol. The second-order valence-electron chi connectivity index (χ2n) is 6.11. The second kappa shape index (κ2) is 9.05. The van der Waals surface area contributed by atoms with E-state index in [1.54, 1.807) is 19.2 Å². The number of benzene rings is 2. The van der Waals surface area contributed by atoms with Gasteiger partial charge in [0, 0.05) is 21.8 Å². The molecule has 3 rings (SSSR count). The number of halogens is 2. The molecule has 0 aliphatic carbocycles. The Kier molecular flexibility index (Phi) is 6.49. The molecule has 2 aromatic rings. The van der Waals surface area contributed by atoms with Crippen molar-refractivity contribution in [3.8, 4) is 0 Å². The molecule has 1 aliphatic rings. The van der Waals surface area contributed by atoms with E-state index in [2.05, 4.69) is 21.0 Å². The molecular formula is C22H20BrFN2O3. The predicted octanol–water partition coefficient (Wildman–Crippen LogP) is 5.33. The van der Waals surface area contributed by atoms with E-state index in [1.807, 2.05) is 37.3 Å². The molecule has 0 bridgehead atoms. The average molecular weight is 459 g/mol. The van der Waals surface area contributed by atoms with E-state index in [0.717, 1.165) is 5.56 Å². The number of rotatable bonds is 5. The van der Waals surface area contributed by atoms with E-state index in [-0.39, 0.29) is 18.1 Å². The van der Waals surface area contributed by atoms with Crippen LogP contribution in [0.2, 0.25) is 0 Å². The van der Waals surface area contributed by atoms with Gasteiger partial charge in [0.05, 0.1) is 12.8 Å². The summed E-state index contributed by atoms with van der Waals surface area (Å²) >= 11 is 3.44. The number of hydrogen-bond acceptors (Lipinski definition) is 5. The van der Waals surface area contributed by atoms with Gasteiger partial charge in [0.1, 0.15) is 12.4 Å². The number of hydrazone groups is 1. The Morgan fingerprint density at radius 3 is 2.59 bits per heavy atom. The van der Waals surface area contributed by atoms with Gasteiger partial charge in [0.2, 0.25) is 0 Å². The molecule has 0 saturated carbocycles. The quantitative estimate of drug-likeness (QED) is 0.448. The Morgan fingerprint density at radius 2 is 1.97 bits per heavy atom. The molecule has 150 valence electrons. The van der Waals surface area contributed by atoms with Crippen molar-refractivity contribution in [3.05, 3.63) is 81.2 Å². The first-order valence-corrected chi connectivity index (χ1v) is 9.75. The number of ether oxygens (including phenoxy) is 2. The fraction of sp³-hybridized carbons (Fsp3) is 0.182. The number of esters is 1. The Bertz CT molecular complexity index is 1020. The zero-order chi connectivity index (χ0) is 21.0. The zero-order valence-corrected chi connectivity index (χ0v) is 17.9. The summed E-state index contributed by atoms with van der Waals surface area (Å²) in [5.41, 5.74) is 2.72. The first-order valence-electron chi connectivity index (χ1n) is 8.95. The van der Waals surface area contributed by atoms with Crippen molar-refractivity contribution in [1.82, 2.24) is 5.01 Å². The van der Waals surface area contributed by atoms with Crippen LogP contribution in [-0.4, -0.2) is 24.3 Å². The largest absolute Gasteiger partial charge is 0.486 e. The molecule has 0 N–H and O–H groups in total. The van der Waals surface area contributed by atoms with Crippen molar-refractivity contribution in [1.29, 1.82) is 0 Å². The van der Waals surface area contributed by atoms with E-state index in [4.69, 9.17) is 9.47 Å². The lowest BCUT2D eigenvalue weighted by molar-refractivity contribution is -0.137. The average Bonchev–Trinajstić information content (AvgIpc) is 2.72. The third kappa shape index (κ3) is 4.10. The minimum atomic E-state index is -0.635. The fourth-order valence-electron chi connectivity index (χ4n) is 3.12. The monoisotopic (exact) mass is 458 g/mol. The third-order valence-corrected chi connectivity index (χ3v) is 4.95. The van der Waals surface area contributed by atoms with E-state index >= 15 is 0 Å². The van der Waals surface area contributed by atoms with E-state index in [9.17, 15) is 9.18 Å². The number of methoxy groups -OCH3 is 1. The molecule has 0 aromatic heterocycles. The van der Waals surface area contributed by atoms with Gasteiger partial charge in [-0.1, -0.05) is 36.4 Å². The second-order valence-corrected chi connectivity index (χ2v) is 6.97. The maximum atomic E-state index is 14.3. The zero-order valence-electron chi connectivity index (χ0n) is 16.3. The van der Waals surface area contributed by atoms with Crippen molar-refractivity contribution in [3.63, 3.8) is 0 Å². The number of allylic oxidation sites excluding steroid dienone is 1. The first kappa shape index (κ1) is 20.8. The summed E-state index contributed by atoms with van der Waals surface area (Å²) in [6.45, 7) is 3.75. The highest BCUT2D eigenvalue weighted by Gasteiger charge is 2.36. The molecule has 0 saturated heterocycles. The summed E-state index contributed by atoms with van der Waals surface area (Å²) in [7, 11) is 1.28. The van der Waals surface area contributed by atoms with Crippen LogP contribution in [-0.2, 0) is 20.9 Å². The Balaban J connectivity index is 2.25. The summed E-state index contributed by atoms with van der Waals surface area (Å²) in [6.07, 6.45) is 3.36. The van der Waals surface area contributed by atoms with Crippen LogP contribution in [0.5, 0.6) is 0 Å². The van der Waals surface area contributed by atoms with Crippen LogP contribution in [0.4, 0.5) is 4.39 Å². The lowest BCUT2D eigenvalue weighted by Crippen LogP contribution is -2.29. The first-order chi connectivity index (χ1) is 14.0. The van der Waals surface area contributed by atoms with E-state index in [1.165, 1.54) is 24.3 Å². The maximum absolute atomic E-state index is 14.3. The van der Waals surface area contributed by atoms with Crippen LogP contribution in [0.15, 0.2) is 63.8 Å². The summed E-state index contributed by atoms with van der Waals surface area (Å²) < 4.78 is 25.9. The van der Waals surface area contributed by atoms with Crippen LogP contribution in [0.1, 0.15) is 30.5 Å². The lowest BCUT2D eigenvalue weighted by atomic mass is 9.96. The molecule has 1 heterocycles. The van der Waals surface area contributed by atoms with E-state index in [0.29, 0.717) is 21.3 Å². The van der Waals surface area contributed by atoms with Gasteiger partial charge < -0.3 is 9.47 Å². The fourth-order valence-corrected chi connectivity index (χ4v) is 3.75. The molecule has 2 aromatic carbocycles. The van der Waals surface area contributed by atoms with Crippen molar-refractivity contribution in [2.45, 2.75) is 20.5 Å². The lowest BCUT2D eigenvalue weighted by Gasteiger charge is -2.32. The van der Waals surface area contributed by atoms with Gasteiger partial charge in [-0.25, -0.2) is 14.2 Å². The van der Waals surface area contributed by atoms with Gasteiger partial charge in [-0.2, -0.15) is 5.10 Å². The van der Waals surface area contributed by atoms with Crippen LogP contribution < -0.4 is 0 Å². The molecule has 0 fully saturated rings. The number of fused-ring (bicyclic) bond motifs is 1. The highest BCUT2D eigenvalue weighted by atomic mass is 79.9. The van der Waals surface area contributed by atoms with Crippen molar-refractivity contribution in [2.24, 2.45) is 5.10 Å². The molecule has 1 aliphatic heterocycles. The molecule has 7 heteroatoms. The normalized spacial score (nSPS) is 15.1. The molecule has 5 nitrogen and oxygen atoms in total. The Hall–Kier alpha value is -2.93. The van der Waals surface area contributed by atoms with Crippen LogP contribution >= 0.6 is 15.9 Å². The van der Waals surface area contributed by atoms with Crippen molar-refractivity contribution < 1.29 is 18.7 Å². The van der Waals surface area contributed by atoms with Crippen LogP contribution in [0.25, 0.3) is 11.5 Å². The van der Waals surface area contributed by atoms with Gasteiger partial charge in [-0.3, -0.25) is 0 Å². The van der Waals surface area contributed by atoms with Crippen LogP contribution in [0.3, 0.4) is 0 Å². The van der Waals surface area contributed by atoms with Gasteiger partial charge in [0.15, 0.2) is 11.5 Å². The van der Waals surface area contributed by atoms with Gasteiger partial charge in [-0.15, -0.1) is 0 Å². The van der Waals surface area contributed by atoms with Crippen molar-refractivity contribution in [2.75, 3.05) is 7.11 Å². The maximum Gasteiger partial charge on any atom is 0.360 e. The molecular weight excluding hydrogens is 439 g/mol. The topological polar surface area (TPSA) is 51.1 Å². The molecule has 0 unspecified atom stereocenters. The summed E-state index contributed by atoms with van der Waals surface area (Å²) in [5.74, 6) is -0.889. The van der Waals surface area contributed by atoms with Crippen LogP contribution in [0, 0.1) is 5.82 Å². The number of hydrogen-bond donors (Lipinski definition) is 0. The van der Waals surface area contributed by atoms with E-state index < -0.39 is 11.8 Å². The molecule has 0 atom stereocenters. The highest BCUT2D eigenvalue weighted by molar-refractivity contribution is 9.10. The summed E-state index contributed by atoms with van der Waals surface area (Å²) in [5, 5.41) is 5.80. The van der Waals surface area contributed by atoms with Crippen molar-refractivity contribution >= 4 is 39.6 Å². The standard InChI is InChI=1S/C22H20BrFN2O3/c1-4-18-19-16(11-15(24)12-17(19)23)21(29-13-14-9-7-6-8-10-14)20(22(27)28-3)26(18)25-5-2/h4-12H,13H2,1-3H3/b18-4+,25-5-. The van der Waals surface area contributed by atoms with Gasteiger partial charge >= 0.3 is 5.97 Å². The summed E-state index contributed by atoms with van der Waals surface area (Å²) in [4.78, 5) is 12.7. The third-order valence-electron chi connectivity index (χ3n) is 4.32. The Labute approximate surface area is 177 Å². The molecule has 29 heavy (non-hydrogen) atoms. The number of carbonyl (C=O) groups is 1. The highest BCUT2D eigenvalue weighted by Crippen LogP contribution is 2.43. The SMILES string of the molecule is C/C=N\N1C(C(=O)OC)=C(OCc2ccccc2)c2cc(F)cc(Br)c2/C1=C\C. The molecule has 0 amide bonds. The van der Waals surface area contributed by atoms with Gasteiger partial charge in [0.25, 0.3) is 0 Å². The van der Waals surface area contributed by atoms with Gasteiger partial charge in [-0.05, 0) is 47.5 Å². The number of carbonyl (C=O) groups excluding carboxylic acids is 1. The summed E-state index contributed by atoms with van der Waals surface area (Å²) in [6, 6.07) is 12.2. The number of nitrogens with zero attached hydrogens (tertiary/aromatic N) is 2. The smallest absolute Gasteiger partial charge is 0.360 e.